The van der Waals surface area contributed by atoms with Crippen molar-refractivity contribution in [3.05, 3.63) is 83.1 Å². The Morgan fingerprint density at radius 1 is 1.08 bits per heavy atom. The van der Waals surface area contributed by atoms with E-state index >= 15 is 0 Å². The minimum Gasteiger partial charge on any atom is -0.455 e. The number of furan rings is 1. The Labute approximate surface area is 161 Å². The van der Waals surface area contributed by atoms with Crippen molar-refractivity contribution in [2.45, 2.75) is 5.75 Å². The first-order valence-corrected chi connectivity index (χ1v) is 9.34. The van der Waals surface area contributed by atoms with Crippen molar-refractivity contribution in [2.75, 3.05) is 0 Å². The number of hydrogen-bond acceptors (Lipinski definition) is 4. The third kappa shape index (κ3) is 5.19. The first-order valence-electron chi connectivity index (χ1n) is 7.57. The van der Waals surface area contributed by atoms with Crippen LogP contribution in [-0.4, -0.2) is 10.5 Å². The Balaban J connectivity index is 1.53. The van der Waals surface area contributed by atoms with Crippen molar-refractivity contribution in [1.29, 1.82) is 0 Å². The lowest BCUT2D eigenvalue weighted by Gasteiger charge is -2.02. The van der Waals surface area contributed by atoms with Crippen molar-refractivity contribution >= 4 is 46.1 Å². The molecule has 0 bridgehead atoms. The second kappa shape index (κ2) is 8.85. The van der Waals surface area contributed by atoms with Gasteiger partial charge in [0.25, 0.3) is 0 Å². The normalized spacial score (nSPS) is 10.9. The molecule has 2 aromatic carbocycles. The van der Waals surface area contributed by atoms with Gasteiger partial charge in [-0.3, -0.25) is 5.43 Å². The van der Waals surface area contributed by atoms with Crippen molar-refractivity contribution in [3.8, 4) is 11.3 Å². The molecule has 0 unspecified atom stereocenters. The zero-order valence-corrected chi connectivity index (χ0v) is 15.6. The molecule has 126 valence electrons. The number of benzene rings is 2. The summed E-state index contributed by atoms with van der Waals surface area (Å²) in [6.07, 6.45) is 1.59. The lowest BCUT2D eigenvalue weighted by atomic mass is 10.2. The summed E-state index contributed by atoms with van der Waals surface area (Å²) in [7, 11) is 0. The summed E-state index contributed by atoms with van der Waals surface area (Å²) in [5.41, 5.74) is 4.91. The summed E-state index contributed by atoms with van der Waals surface area (Å²) in [4.78, 5) is 0. The molecule has 0 radical (unpaired) electrons. The molecule has 1 heterocycles. The maximum atomic E-state index is 6.17. The van der Waals surface area contributed by atoms with Crippen LogP contribution in [0.2, 0.25) is 5.02 Å². The van der Waals surface area contributed by atoms with Gasteiger partial charge in [0.15, 0.2) is 4.32 Å². The lowest BCUT2D eigenvalue weighted by Crippen LogP contribution is -2.11. The van der Waals surface area contributed by atoms with Gasteiger partial charge in [-0.1, -0.05) is 78.0 Å². The molecule has 25 heavy (non-hydrogen) atoms. The van der Waals surface area contributed by atoms with Gasteiger partial charge in [0, 0.05) is 11.3 Å². The smallest absolute Gasteiger partial charge is 0.154 e. The predicted octanol–water partition coefficient (Wildman–Crippen LogP) is 5.74. The van der Waals surface area contributed by atoms with E-state index in [4.69, 9.17) is 28.2 Å². The molecule has 1 N–H and O–H groups in total. The zero-order valence-electron chi connectivity index (χ0n) is 13.2. The third-order valence-corrected chi connectivity index (χ3v) is 4.93. The molecule has 0 saturated carbocycles. The molecule has 3 nitrogen and oxygen atoms in total. The van der Waals surface area contributed by atoms with Crippen molar-refractivity contribution in [1.82, 2.24) is 5.43 Å². The SMILES string of the molecule is S=C(N/N=C/c1ccc(-c2ccccc2Cl)o1)SCc1ccccc1. The van der Waals surface area contributed by atoms with Crippen LogP contribution < -0.4 is 5.43 Å². The first kappa shape index (κ1) is 17.7. The Morgan fingerprint density at radius 2 is 1.84 bits per heavy atom. The second-order valence-corrected chi connectivity index (χ2v) is 7.17. The number of nitrogens with one attached hydrogen (secondary N) is 1. The molecule has 3 aromatic rings. The van der Waals surface area contributed by atoms with Gasteiger partial charge in [0.1, 0.15) is 11.5 Å². The number of hydrogen-bond donors (Lipinski definition) is 1. The largest absolute Gasteiger partial charge is 0.455 e. The van der Waals surface area contributed by atoms with E-state index in [1.807, 2.05) is 54.6 Å². The summed E-state index contributed by atoms with van der Waals surface area (Å²) >= 11 is 13.0. The Bertz CT molecular complexity index is 878. The molecule has 0 aliphatic heterocycles. The van der Waals surface area contributed by atoms with Crippen LogP contribution in [0.25, 0.3) is 11.3 Å². The van der Waals surface area contributed by atoms with Crippen LogP contribution in [0, 0.1) is 0 Å². The van der Waals surface area contributed by atoms with Gasteiger partial charge in [-0.25, -0.2) is 0 Å². The van der Waals surface area contributed by atoms with Crippen molar-refractivity contribution in [2.24, 2.45) is 5.10 Å². The summed E-state index contributed by atoms with van der Waals surface area (Å²) in [6.45, 7) is 0. The fourth-order valence-electron chi connectivity index (χ4n) is 2.13. The molecule has 0 atom stereocenters. The average Bonchev–Trinajstić information content (AvgIpc) is 3.10. The highest BCUT2D eigenvalue weighted by atomic mass is 35.5. The molecule has 0 aliphatic rings. The highest BCUT2D eigenvalue weighted by Crippen LogP contribution is 2.28. The molecule has 0 amide bonds. The van der Waals surface area contributed by atoms with Gasteiger partial charge >= 0.3 is 0 Å². The molecule has 0 aliphatic carbocycles. The van der Waals surface area contributed by atoms with Gasteiger partial charge in [0.05, 0.1) is 11.2 Å². The van der Waals surface area contributed by atoms with Crippen molar-refractivity contribution < 1.29 is 4.42 Å². The van der Waals surface area contributed by atoms with Crippen LogP contribution in [-0.2, 0) is 5.75 Å². The fourth-order valence-corrected chi connectivity index (χ4v) is 3.20. The van der Waals surface area contributed by atoms with E-state index in [9.17, 15) is 0 Å². The number of rotatable bonds is 5. The summed E-state index contributed by atoms with van der Waals surface area (Å²) in [5.74, 6) is 2.13. The molecule has 1 aromatic heterocycles. The number of halogens is 1. The van der Waals surface area contributed by atoms with Gasteiger partial charge in [-0.05, 0) is 29.8 Å². The molecule has 3 rings (SSSR count). The zero-order chi connectivity index (χ0) is 17.5. The molecule has 0 fully saturated rings. The van der Waals surface area contributed by atoms with E-state index in [2.05, 4.69) is 22.7 Å². The fraction of sp³-hybridized carbons (Fsp3) is 0.0526. The highest BCUT2D eigenvalue weighted by molar-refractivity contribution is 8.22. The number of nitrogens with zero attached hydrogens (tertiary/aromatic N) is 1. The topological polar surface area (TPSA) is 37.5 Å². The van der Waals surface area contributed by atoms with Gasteiger partial charge < -0.3 is 4.42 Å². The molecular weight excluding hydrogens is 372 g/mol. The standard InChI is InChI=1S/C19H15ClN2OS2/c20-17-9-5-4-8-16(17)18-11-10-15(23-18)12-21-22-19(24)25-13-14-6-2-1-3-7-14/h1-12H,13H2,(H,22,24)/b21-12+. The molecule has 6 heteroatoms. The van der Waals surface area contributed by atoms with E-state index < -0.39 is 0 Å². The maximum Gasteiger partial charge on any atom is 0.154 e. The van der Waals surface area contributed by atoms with E-state index in [1.165, 1.54) is 17.3 Å². The molecule has 0 saturated heterocycles. The van der Waals surface area contributed by atoms with Gasteiger partial charge in [-0.2, -0.15) is 5.10 Å². The number of thioether (sulfide) groups is 1. The van der Waals surface area contributed by atoms with Crippen LogP contribution in [0.15, 0.2) is 76.2 Å². The third-order valence-electron chi connectivity index (χ3n) is 3.33. The second-order valence-electron chi connectivity index (χ2n) is 5.11. The highest BCUT2D eigenvalue weighted by Gasteiger charge is 2.07. The predicted molar refractivity (Wildman–Crippen MR) is 110 cm³/mol. The Kier molecular flexibility index (Phi) is 6.28. The van der Waals surface area contributed by atoms with E-state index in [1.54, 1.807) is 6.21 Å². The van der Waals surface area contributed by atoms with Gasteiger partial charge in [-0.15, -0.1) is 0 Å². The van der Waals surface area contributed by atoms with Crippen LogP contribution in [0.4, 0.5) is 0 Å². The minimum absolute atomic E-state index is 0.609. The van der Waals surface area contributed by atoms with E-state index in [-0.39, 0.29) is 0 Å². The Morgan fingerprint density at radius 3 is 2.64 bits per heavy atom. The molecular formula is C19H15ClN2OS2. The summed E-state index contributed by atoms with van der Waals surface area (Å²) in [6, 6.07) is 21.4. The minimum atomic E-state index is 0.609. The quantitative estimate of drug-likeness (QED) is 0.344. The number of hydrazone groups is 1. The van der Waals surface area contributed by atoms with Crippen LogP contribution in [0.5, 0.6) is 0 Å². The first-order chi connectivity index (χ1) is 12.2. The van der Waals surface area contributed by atoms with E-state index in [0.29, 0.717) is 20.9 Å². The van der Waals surface area contributed by atoms with Crippen molar-refractivity contribution in [3.63, 3.8) is 0 Å². The summed E-state index contributed by atoms with van der Waals surface area (Å²) < 4.78 is 6.35. The maximum absolute atomic E-state index is 6.17. The number of thiocarbonyl (C=S) groups is 1. The average molecular weight is 387 g/mol. The lowest BCUT2D eigenvalue weighted by molar-refractivity contribution is 0.574. The summed E-state index contributed by atoms with van der Waals surface area (Å²) in [5, 5.41) is 4.77. The Hall–Kier alpha value is -2.08. The van der Waals surface area contributed by atoms with Crippen LogP contribution >= 0.6 is 35.6 Å². The molecule has 0 spiro atoms. The van der Waals surface area contributed by atoms with Crippen LogP contribution in [0.1, 0.15) is 11.3 Å². The monoisotopic (exact) mass is 386 g/mol. The van der Waals surface area contributed by atoms with Crippen LogP contribution in [0.3, 0.4) is 0 Å². The van der Waals surface area contributed by atoms with Gasteiger partial charge in [0.2, 0.25) is 0 Å². The van der Waals surface area contributed by atoms with E-state index in [0.717, 1.165) is 11.3 Å².